The monoisotopic (exact) mass is 259 g/mol. The van der Waals surface area contributed by atoms with Crippen molar-refractivity contribution >= 4 is 5.78 Å². The molecule has 2 nitrogen and oxygen atoms in total. The number of hydrogen-bond donors (Lipinski definition) is 0. The predicted molar refractivity (Wildman–Crippen MR) is 79.4 cm³/mol. The van der Waals surface area contributed by atoms with Crippen LogP contribution < -0.4 is 0 Å². The Kier molecular flexibility index (Phi) is 5.15. The van der Waals surface area contributed by atoms with Crippen molar-refractivity contribution in [3.63, 3.8) is 0 Å². The van der Waals surface area contributed by atoms with Gasteiger partial charge in [-0.3, -0.25) is 9.69 Å². The Morgan fingerprint density at radius 1 is 1.26 bits per heavy atom. The van der Waals surface area contributed by atoms with Crippen LogP contribution in [-0.4, -0.2) is 29.8 Å². The lowest BCUT2D eigenvalue weighted by molar-refractivity contribution is 0.0766. The van der Waals surface area contributed by atoms with Gasteiger partial charge in [0.05, 0.1) is 6.04 Å². The summed E-state index contributed by atoms with van der Waals surface area (Å²) in [5.41, 5.74) is 0.839. The highest BCUT2D eigenvalue weighted by atomic mass is 16.1. The van der Waals surface area contributed by atoms with Crippen LogP contribution in [0.4, 0.5) is 0 Å². The smallest absolute Gasteiger partial charge is 0.179 e. The summed E-state index contributed by atoms with van der Waals surface area (Å²) in [7, 11) is 0. The van der Waals surface area contributed by atoms with Crippen molar-refractivity contribution in [1.29, 1.82) is 0 Å². The second kappa shape index (κ2) is 6.85. The molecule has 0 saturated carbocycles. The summed E-state index contributed by atoms with van der Waals surface area (Å²) in [4.78, 5) is 14.8. The van der Waals surface area contributed by atoms with Crippen LogP contribution in [0.25, 0.3) is 0 Å². The molecular formula is C17H25NO. The summed E-state index contributed by atoms with van der Waals surface area (Å²) in [6.45, 7) is 6.46. The van der Waals surface area contributed by atoms with E-state index in [1.807, 2.05) is 30.3 Å². The normalized spacial score (nSPS) is 19.3. The zero-order valence-electron chi connectivity index (χ0n) is 12.1. The van der Waals surface area contributed by atoms with Gasteiger partial charge in [-0.2, -0.15) is 0 Å². The van der Waals surface area contributed by atoms with Crippen LogP contribution in [0.3, 0.4) is 0 Å². The molecular weight excluding hydrogens is 234 g/mol. The van der Waals surface area contributed by atoms with Crippen molar-refractivity contribution < 1.29 is 4.79 Å². The molecule has 2 heteroatoms. The Hall–Kier alpha value is -1.15. The third-order valence-corrected chi connectivity index (χ3v) is 4.33. The largest absolute Gasteiger partial charge is 0.293 e. The third-order valence-electron chi connectivity index (χ3n) is 4.33. The lowest BCUT2D eigenvalue weighted by Gasteiger charge is -2.35. The predicted octanol–water partition coefficient (Wildman–Crippen LogP) is 3.77. The van der Waals surface area contributed by atoms with Gasteiger partial charge in [-0.05, 0) is 38.8 Å². The summed E-state index contributed by atoms with van der Waals surface area (Å²) >= 11 is 0. The summed E-state index contributed by atoms with van der Waals surface area (Å²) in [6.07, 6.45) is 5.12. The topological polar surface area (TPSA) is 20.3 Å². The van der Waals surface area contributed by atoms with Crippen molar-refractivity contribution in [2.24, 2.45) is 5.92 Å². The number of piperidine rings is 1. The van der Waals surface area contributed by atoms with E-state index in [1.54, 1.807) is 0 Å². The molecule has 1 aliphatic rings. The fourth-order valence-electron chi connectivity index (χ4n) is 3.05. The standard InChI is InChI=1S/C17H25NO/c1-3-7-15-10-12-18(13-11-15)14(2)17(19)16-8-5-4-6-9-16/h4-6,8-9,14-15H,3,7,10-13H2,1-2H3. The molecule has 0 amide bonds. The summed E-state index contributed by atoms with van der Waals surface area (Å²) in [5.74, 6) is 1.13. The van der Waals surface area contributed by atoms with Gasteiger partial charge in [-0.1, -0.05) is 50.1 Å². The van der Waals surface area contributed by atoms with Crippen molar-refractivity contribution in [2.45, 2.75) is 45.6 Å². The van der Waals surface area contributed by atoms with Crippen LogP contribution in [0.15, 0.2) is 30.3 Å². The molecule has 1 saturated heterocycles. The molecule has 0 bridgehead atoms. The maximum atomic E-state index is 12.4. The first-order chi connectivity index (χ1) is 9.22. The highest BCUT2D eigenvalue weighted by molar-refractivity contribution is 5.99. The Morgan fingerprint density at radius 3 is 2.47 bits per heavy atom. The Bertz CT molecular complexity index is 393. The van der Waals surface area contributed by atoms with E-state index in [0.29, 0.717) is 0 Å². The van der Waals surface area contributed by atoms with Gasteiger partial charge >= 0.3 is 0 Å². The van der Waals surface area contributed by atoms with Crippen molar-refractivity contribution in [3.05, 3.63) is 35.9 Å². The zero-order valence-corrected chi connectivity index (χ0v) is 12.1. The van der Waals surface area contributed by atoms with Gasteiger partial charge in [0.25, 0.3) is 0 Å². The van der Waals surface area contributed by atoms with E-state index >= 15 is 0 Å². The van der Waals surface area contributed by atoms with E-state index in [-0.39, 0.29) is 11.8 Å². The van der Waals surface area contributed by atoms with E-state index in [0.717, 1.165) is 24.6 Å². The van der Waals surface area contributed by atoms with E-state index in [1.165, 1.54) is 25.7 Å². The molecule has 104 valence electrons. The summed E-state index contributed by atoms with van der Waals surface area (Å²) < 4.78 is 0. The van der Waals surface area contributed by atoms with Gasteiger partial charge in [0.15, 0.2) is 5.78 Å². The number of ketones is 1. The van der Waals surface area contributed by atoms with E-state index in [9.17, 15) is 4.79 Å². The van der Waals surface area contributed by atoms with E-state index < -0.39 is 0 Å². The lowest BCUT2D eigenvalue weighted by Crippen LogP contribution is -2.44. The van der Waals surface area contributed by atoms with Crippen LogP contribution in [-0.2, 0) is 0 Å². The van der Waals surface area contributed by atoms with Crippen LogP contribution >= 0.6 is 0 Å². The number of hydrogen-bond acceptors (Lipinski definition) is 2. The SMILES string of the molecule is CCCC1CCN(C(C)C(=O)c2ccccc2)CC1. The Morgan fingerprint density at radius 2 is 1.89 bits per heavy atom. The van der Waals surface area contributed by atoms with E-state index in [2.05, 4.69) is 18.7 Å². The molecule has 1 aliphatic heterocycles. The average Bonchev–Trinajstić information content (AvgIpc) is 2.48. The Labute approximate surface area is 116 Å². The van der Waals surface area contributed by atoms with Gasteiger partial charge in [0, 0.05) is 5.56 Å². The minimum Gasteiger partial charge on any atom is -0.293 e. The minimum atomic E-state index is 0.0185. The number of Topliss-reactive ketones (excluding diaryl/α,β-unsaturated/α-hetero) is 1. The van der Waals surface area contributed by atoms with Gasteiger partial charge in [-0.15, -0.1) is 0 Å². The van der Waals surface area contributed by atoms with Crippen LogP contribution in [0.5, 0.6) is 0 Å². The third kappa shape index (κ3) is 3.66. The molecule has 1 atom stereocenters. The lowest BCUT2D eigenvalue weighted by atomic mass is 9.91. The van der Waals surface area contributed by atoms with Gasteiger partial charge in [0.1, 0.15) is 0 Å². The van der Waals surface area contributed by atoms with Crippen molar-refractivity contribution in [3.8, 4) is 0 Å². The fourth-order valence-corrected chi connectivity index (χ4v) is 3.05. The Balaban J connectivity index is 1.91. The number of likely N-dealkylation sites (tertiary alicyclic amines) is 1. The number of nitrogens with zero attached hydrogens (tertiary/aromatic N) is 1. The average molecular weight is 259 g/mol. The molecule has 0 spiro atoms. The first kappa shape index (κ1) is 14.3. The quantitative estimate of drug-likeness (QED) is 0.750. The summed E-state index contributed by atoms with van der Waals surface area (Å²) in [5, 5.41) is 0. The first-order valence-corrected chi connectivity index (χ1v) is 7.55. The first-order valence-electron chi connectivity index (χ1n) is 7.55. The molecule has 0 N–H and O–H groups in total. The maximum Gasteiger partial charge on any atom is 0.179 e. The minimum absolute atomic E-state index is 0.0185. The molecule has 1 aromatic rings. The number of carbonyl (C=O) groups excluding carboxylic acids is 1. The van der Waals surface area contributed by atoms with Crippen LogP contribution in [0.1, 0.15) is 49.9 Å². The molecule has 0 aromatic heterocycles. The molecule has 1 aromatic carbocycles. The second-order valence-electron chi connectivity index (χ2n) is 5.67. The van der Waals surface area contributed by atoms with Crippen molar-refractivity contribution in [2.75, 3.05) is 13.1 Å². The van der Waals surface area contributed by atoms with Crippen LogP contribution in [0, 0.1) is 5.92 Å². The summed E-state index contributed by atoms with van der Waals surface area (Å²) in [6, 6.07) is 9.69. The van der Waals surface area contributed by atoms with E-state index in [4.69, 9.17) is 0 Å². The number of rotatable bonds is 5. The fraction of sp³-hybridized carbons (Fsp3) is 0.588. The zero-order chi connectivity index (χ0) is 13.7. The highest BCUT2D eigenvalue weighted by Crippen LogP contribution is 2.23. The molecule has 0 aliphatic carbocycles. The maximum absolute atomic E-state index is 12.4. The van der Waals surface area contributed by atoms with Gasteiger partial charge in [0.2, 0.25) is 0 Å². The van der Waals surface area contributed by atoms with Gasteiger partial charge in [-0.25, -0.2) is 0 Å². The number of carbonyl (C=O) groups is 1. The molecule has 2 rings (SSSR count). The molecule has 1 heterocycles. The molecule has 1 fully saturated rings. The van der Waals surface area contributed by atoms with Crippen LogP contribution in [0.2, 0.25) is 0 Å². The highest BCUT2D eigenvalue weighted by Gasteiger charge is 2.26. The second-order valence-corrected chi connectivity index (χ2v) is 5.67. The van der Waals surface area contributed by atoms with Gasteiger partial charge < -0.3 is 0 Å². The molecule has 1 unspecified atom stereocenters. The molecule has 0 radical (unpaired) electrons. The number of benzene rings is 1. The van der Waals surface area contributed by atoms with Crippen molar-refractivity contribution in [1.82, 2.24) is 4.90 Å². The molecule has 19 heavy (non-hydrogen) atoms.